The second-order valence-corrected chi connectivity index (χ2v) is 6.71. The van der Waals surface area contributed by atoms with Crippen molar-refractivity contribution in [3.63, 3.8) is 0 Å². The Kier molecular flexibility index (Phi) is 4.45. The highest BCUT2D eigenvalue weighted by Gasteiger charge is 2.34. The molecule has 3 nitrogen and oxygen atoms in total. The first-order valence-corrected chi connectivity index (χ1v) is 7.98. The topological polar surface area (TPSA) is 24.8 Å². The van der Waals surface area contributed by atoms with Gasteiger partial charge in [-0.15, -0.1) is 0 Å². The van der Waals surface area contributed by atoms with Crippen LogP contribution in [0.2, 0.25) is 0 Å². The SMILES string of the molecule is FC(F)(F)c1cccc(CN2CC[C@@H]([C@@H]3CC(Br)=NO3)C2)c1. The van der Waals surface area contributed by atoms with Crippen LogP contribution >= 0.6 is 15.9 Å². The van der Waals surface area contributed by atoms with E-state index in [-0.39, 0.29) is 6.10 Å². The molecule has 0 saturated carbocycles. The molecule has 1 aromatic rings. The van der Waals surface area contributed by atoms with Crippen LogP contribution in [-0.4, -0.2) is 28.7 Å². The number of alkyl halides is 3. The highest BCUT2D eigenvalue weighted by atomic mass is 79.9. The molecular weight excluding hydrogens is 361 g/mol. The monoisotopic (exact) mass is 376 g/mol. The lowest BCUT2D eigenvalue weighted by atomic mass is 10.00. The van der Waals surface area contributed by atoms with Gasteiger partial charge in [-0.2, -0.15) is 13.2 Å². The molecule has 3 rings (SSSR count). The van der Waals surface area contributed by atoms with Gasteiger partial charge in [0, 0.05) is 25.4 Å². The van der Waals surface area contributed by atoms with Gasteiger partial charge in [-0.05, 0) is 40.5 Å². The summed E-state index contributed by atoms with van der Waals surface area (Å²) in [6, 6.07) is 5.56. The molecular formula is C15H16BrF3N2O. The minimum absolute atomic E-state index is 0.0842. The molecule has 0 amide bonds. The second kappa shape index (κ2) is 6.20. The summed E-state index contributed by atoms with van der Waals surface area (Å²) in [5.41, 5.74) is 0.109. The molecule has 2 aliphatic heterocycles. The molecule has 0 aromatic heterocycles. The molecule has 1 saturated heterocycles. The number of oxime groups is 1. The zero-order valence-corrected chi connectivity index (χ0v) is 13.4. The summed E-state index contributed by atoms with van der Waals surface area (Å²) in [6.45, 7) is 2.24. The summed E-state index contributed by atoms with van der Waals surface area (Å²) < 4.78 is 39.0. The van der Waals surface area contributed by atoms with Gasteiger partial charge in [0.2, 0.25) is 0 Å². The van der Waals surface area contributed by atoms with Crippen molar-refractivity contribution in [3.8, 4) is 0 Å². The number of hydrogen-bond acceptors (Lipinski definition) is 3. The zero-order chi connectivity index (χ0) is 15.7. The minimum Gasteiger partial charge on any atom is -0.391 e. The van der Waals surface area contributed by atoms with E-state index >= 15 is 0 Å². The third kappa shape index (κ3) is 3.63. The van der Waals surface area contributed by atoms with Crippen LogP contribution in [0.4, 0.5) is 13.2 Å². The fourth-order valence-corrected chi connectivity index (χ4v) is 3.43. The Bertz CT molecular complexity index is 576. The van der Waals surface area contributed by atoms with Gasteiger partial charge in [0.1, 0.15) is 10.7 Å². The largest absolute Gasteiger partial charge is 0.416 e. The van der Waals surface area contributed by atoms with E-state index in [2.05, 4.69) is 26.0 Å². The molecule has 7 heteroatoms. The molecule has 1 fully saturated rings. The Hall–Kier alpha value is -1.08. The molecule has 22 heavy (non-hydrogen) atoms. The van der Waals surface area contributed by atoms with E-state index in [0.29, 0.717) is 18.0 Å². The summed E-state index contributed by atoms with van der Waals surface area (Å²) in [6.07, 6.45) is -2.44. The normalized spacial score (nSPS) is 26.1. The van der Waals surface area contributed by atoms with Crippen LogP contribution in [-0.2, 0) is 17.6 Å². The molecule has 2 aliphatic rings. The molecule has 0 radical (unpaired) electrons. The predicted molar refractivity (Wildman–Crippen MR) is 80.7 cm³/mol. The van der Waals surface area contributed by atoms with Crippen LogP contribution in [0.25, 0.3) is 0 Å². The lowest BCUT2D eigenvalue weighted by molar-refractivity contribution is -0.137. The van der Waals surface area contributed by atoms with Crippen LogP contribution in [0.15, 0.2) is 29.4 Å². The fourth-order valence-electron chi connectivity index (χ4n) is 3.03. The lowest BCUT2D eigenvalue weighted by Crippen LogP contribution is -2.25. The van der Waals surface area contributed by atoms with Crippen LogP contribution in [0.5, 0.6) is 0 Å². The summed E-state index contributed by atoms with van der Waals surface area (Å²) in [5.74, 6) is 0.379. The van der Waals surface area contributed by atoms with Crippen molar-refractivity contribution < 1.29 is 18.0 Å². The standard InChI is InChI=1S/C15H16BrF3N2O/c16-14-7-13(22-20-14)11-4-5-21(9-11)8-10-2-1-3-12(6-10)15(17,18)19/h1-3,6,11,13H,4-5,7-9H2/t11-,13+/m1/s1. The first-order valence-electron chi connectivity index (χ1n) is 7.18. The van der Waals surface area contributed by atoms with Crippen LogP contribution in [0.1, 0.15) is 24.0 Å². The number of nitrogens with zero attached hydrogens (tertiary/aromatic N) is 2. The van der Waals surface area contributed by atoms with Crippen molar-refractivity contribution in [2.75, 3.05) is 13.1 Å². The van der Waals surface area contributed by atoms with Crippen LogP contribution < -0.4 is 0 Å². The van der Waals surface area contributed by atoms with Gasteiger partial charge in [0.25, 0.3) is 0 Å². The molecule has 1 aromatic carbocycles. The van der Waals surface area contributed by atoms with Crippen molar-refractivity contribution in [2.24, 2.45) is 11.1 Å². The Balaban J connectivity index is 1.58. The third-order valence-electron chi connectivity index (χ3n) is 4.15. The van der Waals surface area contributed by atoms with Crippen LogP contribution in [0.3, 0.4) is 0 Å². The number of halogens is 4. The van der Waals surface area contributed by atoms with Crippen LogP contribution in [0, 0.1) is 5.92 Å². The molecule has 0 spiro atoms. The molecule has 120 valence electrons. The highest BCUT2D eigenvalue weighted by Crippen LogP contribution is 2.31. The maximum atomic E-state index is 12.7. The summed E-state index contributed by atoms with van der Waals surface area (Å²) in [4.78, 5) is 7.55. The number of likely N-dealkylation sites (tertiary alicyclic amines) is 1. The second-order valence-electron chi connectivity index (χ2n) is 5.80. The minimum atomic E-state index is -4.29. The average molecular weight is 377 g/mol. The molecule has 2 heterocycles. The van der Waals surface area contributed by atoms with E-state index in [0.717, 1.165) is 36.6 Å². The summed E-state index contributed by atoms with van der Waals surface area (Å²) in [5, 5.41) is 3.90. The molecule has 0 unspecified atom stereocenters. The third-order valence-corrected chi connectivity index (χ3v) is 4.62. The molecule has 0 bridgehead atoms. The Morgan fingerprint density at radius 3 is 2.86 bits per heavy atom. The van der Waals surface area contributed by atoms with E-state index < -0.39 is 11.7 Å². The first kappa shape index (κ1) is 15.8. The predicted octanol–water partition coefficient (Wildman–Crippen LogP) is 4.02. The van der Waals surface area contributed by atoms with Crippen molar-refractivity contribution in [3.05, 3.63) is 35.4 Å². The van der Waals surface area contributed by atoms with E-state index in [4.69, 9.17) is 4.84 Å². The fraction of sp³-hybridized carbons (Fsp3) is 0.533. The first-order chi connectivity index (χ1) is 10.4. The van der Waals surface area contributed by atoms with Gasteiger partial charge in [0.05, 0.1) is 5.56 Å². The summed E-state index contributed by atoms with van der Waals surface area (Å²) in [7, 11) is 0. The van der Waals surface area contributed by atoms with Gasteiger partial charge in [-0.1, -0.05) is 23.4 Å². The van der Waals surface area contributed by atoms with Crippen molar-refractivity contribution in [2.45, 2.75) is 31.7 Å². The van der Waals surface area contributed by atoms with Gasteiger partial charge in [-0.3, -0.25) is 4.90 Å². The van der Waals surface area contributed by atoms with Gasteiger partial charge >= 0.3 is 6.18 Å². The van der Waals surface area contributed by atoms with Crippen molar-refractivity contribution >= 4 is 20.6 Å². The number of rotatable bonds is 3. The molecule has 2 atom stereocenters. The maximum Gasteiger partial charge on any atom is 0.416 e. The van der Waals surface area contributed by atoms with Gasteiger partial charge in [0.15, 0.2) is 0 Å². The number of hydrogen-bond donors (Lipinski definition) is 0. The van der Waals surface area contributed by atoms with Crippen molar-refractivity contribution in [1.82, 2.24) is 4.90 Å². The van der Waals surface area contributed by atoms with E-state index in [9.17, 15) is 13.2 Å². The Labute approximate surface area is 135 Å². The van der Waals surface area contributed by atoms with E-state index in [1.807, 2.05) is 0 Å². The van der Waals surface area contributed by atoms with Gasteiger partial charge in [-0.25, -0.2) is 0 Å². The maximum absolute atomic E-state index is 12.7. The Morgan fingerprint density at radius 2 is 2.18 bits per heavy atom. The van der Waals surface area contributed by atoms with Gasteiger partial charge < -0.3 is 4.84 Å². The smallest absolute Gasteiger partial charge is 0.391 e. The number of benzene rings is 1. The average Bonchev–Trinajstić information content (AvgIpc) is 3.07. The highest BCUT2D eigenvalue weighted by molar-refractivity contribution is 9.18. The lowest BCUT2D eigenvalue weighted by Gasteiger charge is -2.19. The van der Waals surface area contributed by atoms with Crippen molar-refractivity contribution in [1.29, 1.82) is 0 Å². The quantitative estimate of drug-likeness (QED) is 0.795. The molecule has 0 aliphatic carbocycles. The van der Waals surface area contributed by atoms with E-state index in [1.165, 1.54) is 12.1 Å². The van der Waals surface area contributed by atoms with E-state index in [1.54, 1.807) is 6.07 Å². The Morgan fingerprint density at radius 1 is 1.36 bits per heavy atom. The molecule has 0 N–H and O–H groups in total. The summed E-state index contributed by atoms with van der Waals surface area (Å²) >= 11 is 3.33. The zero-order valence-electron chi connectivity index (χ0n) is 11.8.